The second kappa shape index (κ2) is 4.33. The van der Waals surface area contributed by atoms with E-state index < -0.39 is 11.7 Å². The number of hydrogen-bond acceptors (Lipinski definition) is 2. The lowest BCUT2D eigenvalue weighted by Crippen LogP contribution is -2.04. The third-order valence-electron chi connectivity index (χ3n) is 2.95. The molecular weight excluding hydrogens is 267 g/mol. The van der Waals surface area contributed by atoms with Crippen LogP contribution in [0.1, 0.15) is 11.3 Å². The van der Waals surface area contributed by atoms with Crippen LogP contribution in [0.4, 0.5) is 13.2 Å². The zero-order valence-electron chi connectivity index (χ0n) is 10.5. The molecule has 0 atom stereocenters. The van der Waals surface area contributed by atoms with Gasteiger partial charge in [0.05, 0.1) is 11.1 Å². The molecule has 0 aliphatic carbocycles. The Balaban J connectivity index is 2.11. The van der Waals surface area contributed by atoms with Gasteiger partial charge in [-0.25, -0.2) is 9.97 Å². The van der Waals surface area contributed by atoms with Crippen LogP contribution in [0.15, 0.2) is 36.4 Å². The number of aromatic nitrogens is 3. The summed E-state index contributed by atoms with van der Waals surface area (Å²) < 4.78 is 38.1. The van der Waals surface area contributed by atoms with Crippen LogP contribution in [0.3, 0.4) is 0 Å². The van der Waals surface area contributed by atoms with Crippen molar-refractivity contribution in [2.75, 3.05) is 0 Å². The number of imidazole rings is 1. The highest BCUT2D eigenvalue weighted by molar-refractivity contribution is 5.76. The summed E-state index contributed by atoms with van der Waals surface area (Å²) in [5, 5.41) is 0. The van der Waals surface area contributed by atoms with Gasteiger partial charge in [0.15, 0.2) is 5.65 Å². The summed E-state index contributed by atoms with van der Waals surface area (Å²) in [4.78, 5) is 11.4. The van der Waals surface area contributed by atoms with E-state index in [4.69, 9.17) is 0 Å². The number of nitrogens with zero attached hydrogens (tertiary/aromatic N) is 2. The van der Waals surface area contributed by atoms with Crippen LogP contribution in [0.25, 0.3) is 22.6 Å². The van der Waals surface area contributed by atoms with Gasteiger partial charge >= 0.3 is 6.18 Å². The van der Waals surface area contributed by atoms with Crippen LogP contribution in [0.2, 0.25) is 0 Å². The number of pyridine rings is 1. The van der Waals surface area contributed by atoms with E-state index in [1.54, 1.807) is 6.07 Å². The maximum Gasteiger partial charge on any atom is 0.416 e. The molecule has 1 N–H and O–H groups in total. The predicted octanol–water partition coefficient (Wildman–Crippen LogP) is 3.95. The monoisotopic (exact) mass is 277 g/mol. The fraction of sp³-hybridized carbons (Fsp3) is 0.143. The summed E-state index contributed by atoms with van der Waals surface area (Å²) in [6, 6.07) is 8.68. The summed E-state index contributed by atoms with van der Waals surface area (Å²) in [6.07, 6.45) is -4.36. The third kappa shape index (κ3) is 2.24. The van der Waals surface area contributed by atoms with E-state index >= 15 is 0 Å². The van der Waals surface area contributed by atoms with Gasteiger partial charge in [0.1, 0.15) is 5.82 Å². The topological polar surface area (TPSA) is 41.6 Å². The van der Waals surface area contributed by atoms with Crippen LogP contribution < -0.4 is 0 Å². The summed E-state index contributed by atoms with van der Waals surface area (Å²) in [7, 11) is 0. The fourth-order valence-corrected chi connectivity index (χ4v) is 1.97. The lowest BCUT2D eigenvalue weighted by molar-refractivity contribution is -0.137. The molecule has 0 spiro atoms. The second-order valence-electron chi connectivity index (χ2n) is 4.49. The molecule has 0 aliphatic rings. The van der Waals surface area contributed by atoms with E-state index in [2.05, 4.69) is 15.0 Å². The number of aryl methyl sites for hydroxylation is 1. The quantitative estimate of drug-likeness (QED) is 0.731. The number of aromatic amines is 1. The van der Waals surface area contributed by atoms with E-state index in [9.17, 15) is 13.2 Å². The Labute approximate surface area is 112 Å². The standard InChI is InChI=1S/C14H10F3N3/c1-8-5-6-11-13(18-8)20-12(19-11)9-3-2-4-10(7-9)14(15,16)17/h2-7H,1H3,(H,18,19,20). The molecule has 3 nitrogen and oxygen atoms in total. The van der Waals surface area contributed by atoms with Crippen molar-refractivity contribution in [3.8, 4) is 11.4 Å². The van der Waals surface area contributed by atoms with Gasteiger partial charge in [-0.15, -0.1) is 0 Å². The van der Waals surface area contributed by atoms with Crippen molar-refractivity contribution >= 4 is 11.2 Å². The van der Waals surface area contributed by atoms with Gasteiger partial charge in [-0.3, -0.25) is 0 Å². The fourth-order valence-electron chi connectivity index (χ4n) is 1.97. The zero-order chi connectivity index (χ0) is 14.3. The minimum Gasteiger partial charge on any atom is -0.337 e. The van der Waals surface area contributed by atoms with Crippen LogP contribution in [-0.4, -0.2) is 15.0 Å². The SMILES string of the molecule is Cc1ccc2[nH]c(-c3cccc(C(F)(F)F)c3)nc2n1. The molecule has 0 fully saturated rings. The number of alkyl halides is 3. The average Bonchev–Trinajstić information content (AvgIpc) is 2.81. The van der Waals surface area contributed by atoms with Crippen LogP contribution in [0.5, 0.6) is 0 Å². The van der Waals surface area contributed by atoms with E-state index in [-0.39, 0.29) is 0 Å². The Morgan fingerprint density at radius 2 is 1.85 bits per heavy atom. The average molecular weight is 277 g/mol. The van der Waals surface area contributed by atoms with Gasteiger partial charge in [-0.1, -0.05) is 12.1 Å². The summed E-state index contributed by atoms with van der Waals surface area (Å²) in [6.45, 7) is 1.83. The highest BCUT2D eigenvalue weighted by Gasteiger charge is 2.30. The van der Waals surface area contributed by atoms with E-state index in [1.165, 1.54) is 6.07 Å². The van der Waals surface area contributed by atoms with Gasteiger partial charge in [0.2, 0.25) is 0 Å². The minimum absolute atomic E-state index is 0.379. The van der Waals surface area contributed by atoms with Crippen molar-refractivity contribution < 1.29 is 13.2 Å². The van der Waals surface area contributed by atoms with Crippen LogP contribution in [-0.2, 0) is 6.18 Å². The molecule has 6 heteroatoms. The van der Waals surface area contributed by atoms with Gasteiger partial charge < -0.3 is 4.98 Å². The maximum absolute atomic E-state index is 12.7. The minimum atomic E-state index is -4.36. The van der Waals surface area contributed by atoms with Gasteiger partial charge in [0.25, 0.3) is 0 Å². The predicted molar refractivity (Wildman–Crippen MR) is 69.1 cm³/mol. The first-order chi connectivity index (χ1) is 9.43. The van der Waals surface area contributed by atoms with Crippen molar-refractivity contribution in [1.82, 2.24) is 15.0 Å². The molecule has 20 heavy (non-hydrogen) atoms. The molecule has 0 saturated heterocycles. The van der Waals surface area contributed by atoms with Crippen molar-refractivity contribution in [2.45, 2.75) is 13.1 Å². The normalized spacial score (nSPS) is 12.0. The molecule has 0 bridgehead atoms. The largest absolute Gasteiger partial charge is 0.416 e. The molecule has 0 unspecified atom stereocenters. The van der Waals surface area contributed by atoms with Crippen molar-refractivity contribution in [2.24, 2.45) is 0 Å². The zero-order valence-corrected chi connectivity index (χ0v) is 10.5. The molecule has 2 heterocycles. The Morgan fingerprint density at radius 1 is 1.05 bits per heavy atom. The molecule has 0 amide bonds. The van der Waals surface area contributed by atoms with Crippen molar-refractivity contribution in [3.63, 3.8) is 0 Å². The molecule has 2 aromatic heterocycles. The lowest BCUT2D eigenvalue weighted by Gasteiger charge is -2.07. The van der Waals surface area contributed by atoms with Crippen molar-refractivity contribution in [1.29, 1.82) is 0 Å². The number of benzene rings is 1. The van der Waals surface area contributed by atoms with E-state index in [0.29, 0.717) is 22.6 Å². The van der Waals surface area contributed by atoms with Gasteiger partial charge in [-0.05, 0) is 31.2 Å². The molecule has 0 aliphatic heterocycles. The van der Waals surface area contributed by atoms with Crippen LogP contribution in [0, 0.1) is 6.92 Å². The maximum atomic E-state index is 12.7. The number of halogens is 3. The summed E-state index contributed by atoms with van der Waals surface area (Å²) >= 11 is 0. The number of H-pyrrole nitrogens is 1. The second-order valence-corrected chi connectivity index (χ2v) is 4.49. The Bertz CT molecular complexity index is 775. The smallest absolute Gasteiger partial charge is 0.337 e. The van der Waals surface area contributed by atoms with Gasteiger partial charge in [-0.2, -0.15) is 13.2 Å². The summed E-state index contributed by atoms with van der Waals surface area (Å²) in [5.41, 5.74) is 1.69. The van der Waals surface area contributed by atoms with Crippen molar-refractivity contribution in [3.05, 3.63) is 47.7 Å². The first-order valence-corrected chi connectivity index (χ1v) is 5.94. The number of nitrogens with one attached hydrogen (secondary N) is 1. The Morgan fingerprint density at radius 3 is 2.60 bits per heavy atom. The van der Waals surface area contributed by atoms with E-state index in [1.807, 2.05) is 19.1 Å². The lowest BCUT2D eigenvalue weighted by atomic mass is 10.1. The molecule has 102 valence electrons. The molecular formula is C14H10F3N3. The molecule has 0 saturated carbocycles. The highest BCUT2D eigenvalue weighted by atomic mass is 19.4. The van der Waals surface area contributed by atoms with Crippen LogP contribution >= 0.6 is 0 Å². The Kier molecular flexibility index (Phi) is 2.74. The summed E-state index contributed by atoms with van der Waals surface area (Å²) in [5.74, 6) is 0.379. The Hall–Kier alpha value is -2.37. The molecule has 1 aromatic carbocycles. The number of rotatable bonds is 1. The first-order valence-electron chi connectivity index (χ1n) is 5.94. The van der Waals surface area contributed by atoms with Gasteiger partial charge in [0, 0.05) is 11.3 Å². The number of hydrogen-bond donors (Lipinski definition) is 1. The number of fused-ring (bicyclic) bond motifs is 1. The highest BCUT2D eigenvalue weighted by Crippen LogP contribution is 2.31. The third-order valence-corrected chi connectivity index (χ3v) is 2.95. The molecule has 3 aromatic rings. The molecule has 3 rings (SSSR count). The van der Waals surface area contributed by atoms with E-state index in [0.717, 1.165) is 17.8 Å². The molecule has 0 radical (unpaired) electrons. The first kappa shape index (κ1) is 12.7.